The molecule has 1 aromatic carbocycles. The van der Waals surface area contributed by atoms with Crippen molar-refractivity contribution in [3.8, 4) is 0 Å². The SMILES string of the molecule is NC(=O)OCCNC(=O)Nc1c(Cl)cc(C(=O)O)cc1Cl. The molecule has 0 saturated carbocycles. The van der Waals surface area contributed by atoms with Crippen molar-refractivity contribution in [3.63, 3.8) is 0 Å². The molecular weight excluding hydrogens is 325 g/mol. The second-order valence-electron chi connectivity index (χ2n) is 3.67. The topological polar surface area (TPSA) is 131 Å². The molecule has 21 heavy (non-hydrogen) atoms. The van der Waals surface area contributed by atoms with Crippen molar-refractivity contribution in [1.29, 1.82) is 0 Å². The van der Waals surface area contributed by atoms with Crippen LogP contribution >= 0.6 is 23.2 Å². The van der Waals surface area contributed by atoms with E-state index in [0.717, 1.165) is 12.1 Å². The first-order chi connectivity index (χ1) is 9.81. The van der Waals surface area contributed by atoms with Gasteiger partial charge in [0.1, 0.15) is 6.61 Å². The average molecular weight is 336 g/mol. The van der Waals surface area contributed by atoms with Crippen molar-refractivity contribution in [3.05, 3.63) is 27.7 Å². The number of anilines is 1. The second-order valence-corrected chi connectivity index (χ2v) is 4.48. The maximum atomic E-state index is 11.6. The predicted molar refractivity (Wildman–Crippen MR) is 76.0 cm³/mol. The number of halogens is 2. The number of carbonyl (C=O) groups is 3. The van der Waals surface area contributed by atoms with E-state index >= 15 is 0 Å². The summed E-state index contributed by atoms with van der Waals surface area (Å²) >= 11 is 11.7. The fourth-order valence-electron chi connectivity index (χ4n) is 1.29. The number of aromatic carboxylic acids is 1. The smallest absolute Gasteiger partial charge is 0.404 e. The minimum atomic E-state index is -1.20. The number of urea groups is 1. The molecule has 0 fully saturated rings. The summed E-state index contributed by atoms with van der Waals surface area (Å²) in [5.74, 6) is -1.20. The molecule has 3 amide bonds. The van der Waals surface area contributed by atoms with Crippen LogP contribution in [0.5, 0.6) is 0 Å². The van der Waals surface area contributed by atoms with Crippen molar-refractivity contribution in [1.82, 2.24) is 5.32 Å². The van der Waals surface area contributed by atoms with Crippen molar-refractivity contribution >= 4 is 47.0 Å². The Morgan fingerprint density at radius 3 is 2.29 bits per heavy atom. The number of carboxylic acids is 1. The van der Waals surface area contributed by atoms with Gasteiger partial charge in [-0.1, -0.05) is 23.2 Å². The Kier molecular flexibility index (Phi) is 6.07. The molecule has 0 saturated heterocycles. The number of primary amides is 1. The molecule has 114 valence electrons. The monoisotopic (exact) mass is 335 g/mol. The van der Waals surface area contributed by atoms with Gasteiger partial charge in [0.25, 0.3) is 0 Å². The van der Waals surface area contributed by atoms with Crippen molar-refractivity contribution < 1.29 is 24.2 Å². The number of nitrogens with two attached hydrogens (primary N) is 1. The molecule has 0 aliphatic rings. The molecule has 0 radical (unpaired) electrons. The first-order valence-corrected chi connectivity index (χ1v) is 6.26. The van der Waals surface area contributed by atoms with E-state index < -0.39 is 18.1 Å². The molecule has 8 nitrogen and oxygen atoms in total. The van der Waals surface area contributed by atoms with Crippen LogP contribution in [0.25, 0.3) is 0 Å². The molecule has 0 aliphatic carbocycles. The van der Waals surface area contributed by atoms with E-state index in [1.54, 1.807) is 0 Å². The molecule has 0 aliphatic heterocycles. The summed E-state index contributed by atoms with van der Waals surface area (Å²) in [4.78, 5) is 32.7. The van der Waals surface area contributed by atoms with Crippen LogP contribution in [0.1, 0.15) is 10.4 Å². The van der Waals surface area contributed by atoms with Gasteiger partial charge in [0, 0.05) is 0 Å². The van der Waals surface area contributed by atoms with Crippen LogP contribution in [0, 0.1) is 0 Å². The zero-order valence-electron chi connectivity index (χ0n) is 10.5. The maximum Gasteiger partial charge on any atom is 0.404 e. The zero-order valence-corrected chi connectivity index (χ0v) is 12.0. The quantitative estimate of drug-likeness (QED) is 0.610. The van der Waals surface area contributed by atoms with E-state index in [1.165, 1.54) is 0 Å². The summed E-state index contributed by atoms with van der Waals surface area (Å²) in [6.45, 7) is -0.0700. The molecule has 0 aromatic heterocycles. The van der Waals surface area contributed by atoms with E-state index in [1.807, 2.05) is 0 Å². The predicted octanol–water partition coefficient (Wildman–Crippen LogP) is 1.91. The first-order valence-electron chi connectivity index (χ1n) is 5.50. The number of carboxylic acid groups (broad SMARTS) is 1. The standard InChI is InChI=1S/C11H11Cl2N3O5/c12-6-3-5(9(17)18)4-7(13)8(6)16-11(20)15-1-2-21-10(14)19/h3-4H,1-2H2,(H2,14,19)(H,17,18)(H2,15,16,20). The van der Waals surface area contributed by atoms with Gasteiger partial charge in [0.15, 0.2) is 0 Å². The van der Waals surface area contributed by atoms with Crippen molar-refractivity contribution in [2.24, 2.45) is 5.73 Å². The third-order valence-electron chi connectivity index (χ3n) is 2.16. The number of ether oxygens (including phenoxy) is 1. The first kappa shape index (κ1) is 16.9. The van der Waals surface area contributed by atoms with E-state index in [0.29, 0.717) is 0 Å². The van der Waals surface area contributed by atoms with E-state index in [2.05, 4.69) is 15.4 Å². The Labute approximate surface area is 129 Å². The number of rotatable bonds is 5. The summed E-state index contributed by atoms with van der Waals surface area (Å²) in [5.41, 5.74) is 4.70. The molecule has 0 heterocycles. The molecule has 5 N–H and O–H groups in total. The van der Waals surface area contributed by atoms with Crippen LogP contribution in [-0.2, 0) is 4.74 Å². The summed E-state index contributed by atoms with van der Waals surface area (Å²) in [5, 5.41) is 13.5. The molecule has 0 unspecified atom stereocenters. The van der Waals surface area contributed by atoms with Gasteiger partial charge in [-0.25, -0.2) is 14.4 Å². The van der Waals surface area contributed by atoms with E-state index in [-0.39, 0.29) is 34.4 Å². The summed E-state index contributed by atoms with van der Waals surface area (Å²) in [6.07, 6.45) is -0.951. The van der Waals surface area contributed by atoms with Gasteiger partial charge in [-0.2, -0.15) is 0 Å². The van der Waals surface area contributed by atoms with Crippen LogP contribution in [0.3, 0.4) is 0 Å². The van der Waals surface area contributed by atoms with Crippen molar-refractivity contribution in [2.75, 3.05) is 18.5 Å². The Balaban J connectivity index is 2.64. The summed E-state index contributed by atoms with van der Waals surface area (Å²) < 4.78 is 4.41. The summed E-state index contributed by atoms with van der Waals surface area (Å²) in [6, 6.07) is 1.65. The number of hydrogen-bond acceptors (Lipinski definition) is 4. The number of benzene rings is 1. The normalized spacial score (nSPS) is 9.81. The van der Waals surface area contributed by atoms with Crippen LogP contribution in [-0.4, -0.2) is 36.4 Å². The third-order valence-corrected chi connectivity index (χ3v) is 2.76. The minimum Gasteiger partial charge on any atom is -0.478 e. The molecule has 10 heteroatoms. The fraction of sp³-hybridized carbons (Fsp3) is 0.182. The fourth-order valence-corrected chi connectivity index (χ4v) is 1.87. The van der Waals surface area contributed by atoms with Gasteiger partial charge in [-0.15, -0.1) is 0 Å². The Bertz CT molecular complexity index is 556. The lowest BCUT2D eigenvalue weighted by Gasteiger charge is -2.11. The highest BCUT2D eigenvalue weighted by Crippen LogP contribution is 2.31. The van der Waals surface area contributed by atoms with Gasteiger partial charge in [0.2, 0.25) is 0 Å². The number of carbonyl (C=O) groups excluding carboxylic acids is 2. The largest absolute Gasteiger partial charge is 0.478 e. The lowest BCUT2D eigenvalue weighted by molar-refractivity contribution is 0.0697. The Hall–Kier alpha value is -2.19. The van der Waals surface area contributed by atoms with Gasteiger partial charge in [-0.3, -0.25) is 0 Å². The summed E-state index contributed by atoms with van der Waals surface area (Å²) in [7, 11) is 0. The average Bonchev–Trinajstić information content (AvgIpc) is 2.38. The van der Waals surface area contributed by atoms with Gasteiger partial charge in [0.05, 0.1) is 27.8 Å². The Morgan fingerprint density at radius 2 is 1.81 bits per heavy atom. The highest BCUT2D eigenvalue weighted by atomic mass is 35.5. The second kappa shape index (κ2) is 7.55. The van der Waals surface area contributed by atoms with Crippen molar-refractivity contribution in [2.45, 2.75) is 0 Å². The number of nitrogens with one attached hydrogen (secondary N) is 2. The minimum absolute atomic E-state index is 0.0246. The third kappa shape index (κ3) is 5.36. The zero-order chi connectivity index (χ0) is 16.0. The molecule has 1 aromatic rings. The highest BCUT2D eigenvalue weighted by Gasteiger charge is 2.14. The lowest BCUT2D eigenvalue weighted by atomic mass is 10.2. The molecular formula is C11H11Cl2N3O5. The number of hydrogen-bond donors (Lipinski definition) is 4. The van der Waals surface area contributed by atoms with Crippen LogP contribution < -0.4 is 16.4 Å². The van der Waals surface area contributed by atoms with Gasteiger partial charge >= 0.3 is 18.1 Å². The van der Waals surface area contributed by atoms with Crippen LogP contribution in [0.4, 0.5) is 15.3 Å². The van der Waals surface area contributed by atoms with Gasteiger partial charge in [-0.05, 0) is 12.1 Å². The van der Waals surface area contributed by atoms with Crippen LogP contribution in [0.15, 0.2) is 12.1 Å². The molecule has 0 spiro atoms. The van der Waals surface area contributed by atoms with Gasteiger partial charge < -0.3 is 26.2 Å². The molecule has 0 bridgehead atoms. The maximum absolute atomic E-state index is 11.6. The molecule has 0 atom stereocenters. The number of amides is 3. The van der Waals surface area contributed by atoms with E-state index in [4.69, 9.17) is 34.0 Å². The van der Waals surface area contributed by atoms with Crippen LogP contribution in [0.2, 0.25) is 10.0 Å². The lowest BCUT2D eigenvalue weighted by Crippen LogP contribution is -2.32. The Morgan fingerprint density at radius 1 is 1.24 bits per heavy atom. The highest BCUT2D eigenvalue weighted by molar-refractivity contribution is 6.40. The molecule has 1 rings (SSSR count). The van der Waals surface area contributed by atoms with E-state index in [9.17, 15) is 14.4 Å².